The number of methoxy groups -OCH3 is 4. The number of rotatable bonds is 21. The van der Waals surface area contributed by atoms with Gasteiger partial charge in [0, 0.05) is 106 Å². The van der Waals surface area contributed by atoms with Crippen LogP contribution >= 0.6 is 0 Å². The minimum absolute atomic E-state index is 0.139. The third kappa shape index (κ3) is 17.5. The Balaban J connectivity index is 0.000000116. The van der Waals surface area contributed by atoms with E-state index in [-0.39, 0.29) is 30.5 Å². The molecule has 0 bridgehead atoms. The zero-order chi connectivity index (χ0) is 84.3. The van der Waals surface area contributed by atoms with Gasteiger partial charge in [0.2, 0.25) is 0 Å². The van der Waals surface area contributed by atoms with Crippen molar-refractivity contribution in [3.05, 3.63) is 314 Å². The van der Waals surface area contributed by atoms with Gasteiger partial charge in [-0.15, -0.1) is 40.8 Å². The highest BCUT2D eigenvalue weighted by molar-refractivity contribution is 7.90. The number of fused-ring (bicyclic) bond motifs is 8. The summed E-state index contributed by atoms with van der Waals surface area (Å²) in [6.07, 6.45) is 9.62. The first-order valence-electron chi connectivity index (χ1n) is 38.3. The van der Waals surface area contributed by atoms with Crippen LogP contribution in [-0.2, 0) is 42.5 Å². The van der Waals surface area contributed by atoms with Crippen molar-refractivity contribution in [1.29, 1.82) is 5.26 Å². The molecule has 20 aromatic rings. The van der Waals surface area contributed by atoms with Crippen LogP contribution in [0, 0.1) is 17.1 Å². The number of pyridine rings is 4. The molecule has 0 N–H and O–H groups in total. The first kappa shape index (κ1) is 79.1. The molecule has 0 aliphatic carbocycles. The fourth-order valence-electron chi connectivity index (χ4n) is 13.5. The van der Waals surface area contributed by atoms with Crippen LogP contribution in [0.5, 0.6) is 40.2 Å². The summed E-state index contributed by atoms with van der Waals surface area (Å²) >= 11 is 0. The van der Waals surface area contributed by atoms with Crippen LogP contribution in [0.3, 0.4) is 0 Å². The van der Waals surface area contributed by atoms with Crippen LogP contribution < -0.4 is 33.2 Å². The fourth-order valence-corrected chi connectivity index (χ4v) is 14.1. The number of benzene rings is 8. The minimum atomic E-state index is -3.26. The number of nitriles is 1. The van der Waals surface area contributed by atoms with Crippen LogP contribution in [0.4, 0.5) is 4.39 Å². The Morgan fingerprint density at radius 2 is 0.715 bits per heavy atom. The van der Waals surface area contributed by atoms with Gasteiger partial charge < -0.3 is 33.2 Å². The normalized spacial score (nSPS) is 11.2. The molecule has 8 aromatic carbocycles. The molecule has 20 rings (SSSR count). The second-order valence-electron chi connectivity index (χ2n) is 27.5. The molecule has 12 aromatic heterocycles. The van der Waals surface area contributed by atoms with Gasteiger partial charge in [0.25, 0.3) is 0 Å². The zero-order valence-electron chi connectivity index (χ0n) is 66.4. The van der Waals surface area contributed by atoms with Crippen LogP contribution in [0.2, 0.25) is 0 Å². The Labute approximate surface area is 700 Å². The molecule has 0 spiro atoms. The predicted octanol–water partition coefficient (Wildman–Crippen LogP) is 15.3. The largest absolute Gasteiger partial charge is 0.497 e. The van der Waals surface area contributed by atoms with Crippen molar-refractivity contribution in [3.63, 3.8) is 0 Å². The first-order chi connectivity index (χ1) is 60.2. The number of halogens is 1. The molecule has 0 amide bonds. The molecule has 0 atom stereocenters. The number of hydrogen-bond acceptors (Lipinski definition) is 26. The van der Waals surface area contributed by atoms with Crippen molar-refractivity contribution in [2.75, 3.05) is 34.7 Å². The summed E-state index contributed by atoms with van der Waals surface area (Å²) in [6.45, 7) is 0.478. The van der Waals surface area contributed by atoms with Gasteiger partial charge in [-0.25, -0.2) is 12.8 Å². The van der Waals surface area contributed by atoms with Gasteiger partial charge in [-0.3, -0.25) is 19.9 Å². The van der Waals surface area contributed by atoms with Gasteiger partial charge in [-0.1, -0.05) is 66.7 Å². The number of hydrogen-bond donors (Lipinski definition) is 0. The Morgan fingerprint density at radius 3 is 1.13 bits per heavy atom. The van der Waals surface area contributed by atoms with Crippen LogP contribution in [0.15, 0.2) is 278 Å². The van der Waals surface area contributed by atoms with Gasteiger partial charge in [0.05, 0.1) is 89.8 Å². The third-order valence-corrected chi connectivity index (χ3v) is 21.0. The van der Waals surface area contributed by atoms with Crippen LogP contribution in [-0.4, -0.2) is 142 Å². The number of aromatic nitrogens is 20. The van der Waals surface area contributed by atoms with Crippen molar-refractivity contribution in [2.45, 2.75) is 37.6 Å². The summed E-state index contributed by atoms with van der Waals surface area (Å²) in [5.41, 5.74) is 13.5. The second-order valence-corrected chi connectivity index (χ2v) is 29.6. The van der Waals surface area contributed by atoms with Gasteiger partial charge in [0.15, 0.2) is 55.7 Å². The van der Waals surface area contributed by atoms with Gasteiger partial charge >= 0.3 is 0 Å². The zero-order valence-corrected chi connectivity index (χ0v) is 67.2. The lowest BCUT2D eigenvalue weighted by atomic mass is 10.0. The Kier molecular flexibility index (Phi) is 22.8. The third-order valence-electron chi connectivity index (χ3n) is 19.9. The summed E-state index contributed by atoms with van der Waals surface area (Å²) in [6, 6.07) is 77.6. The maximum Gasteiger partial charge on any atom is 0.192 e. The Morgan fingerprint density at radius 1 is 0.358 bits per heavy atom. The summed E-state index contributed by atoms with van der Waals surface area (Å²) < 4.78 is 83.4. The molecule has 0 unspecified atom stereocenters. The van der Waals surface area contributed by atoms with Crippen molar-refractivity contribution in [3.8, 4) is 91.3 Å². The van der Waals surface area contributed by atoms with Gasteiger partial charge in [0.1, 0.15) is 65.9 Å². The van der Waals surface area contributed by atoms with Crippen molar-refractivity contribution in [1.82, 2.24) is 99.2 Å². The van der Waals surface area contributed by atoms with E-state index in [0.29, 0.717) is 74.2 Å². The molecule has 123 heavy (non-hydrogen) atoms. The highest BCUT2D eigenvalue weighted by Gasteiger charge is 2.19. The van der Waals surface area contributed by atoms with E-state index in [1.54, 1.807) is 146 Å². The molecule has 0 saturated carbocycles. The topological polar surface area (TPSA) is 346 Å². The van der Waals surface area contributed by atoms with Crippen LogP contribution in [0.25, 0.3) is 111 Å². The standard InChI is InChI=1S/C23H16N6O2.C23H19N5O4S.C23H19N5O.C22H16FN5O2/c1-30-17-6-7-18-20(12-17)25-11-10-21(18)31-14-23-27-26-22-9-8-19(28-29(22)23)16-4-2-15(13-24)3-5-16;1-31-16-5-8-18-20(13-16)24-12-11-21(18)32-14-23-26-25-22-10-9-19(27-28(22)23)15-3-6-17(7-4-15)33(2,29)30;1-29-18-8-9-19-16(13-14-24-21(19)15-18)7-11-22-25-26-23-12-10-20(27-28(22)23)17-5-3-2-4-6-17;1-29-14-6-7-16-19(12-14)24-11-10-20(16)30-13-22-26-25-21-9-8-18(27-28(21)22)15-4-2-3-5-17(15)23/h2-12H,14H2,1H3;3-13H,14H2,1-2H3;2-6,8-10,12-15H,7,11H2,1H3;2-12H,13H2,1H3. The number of sulfone groups is 1. The van der Waals surface area contributed by atoms with Crippen molar-refractivity contribution in [2.24, 2.45) is 0 Å². The monoisotopic (exact) mass is 1650 g/mol. The number of aryl methyl sites for hydroxylation is 2. The van der Waals surface area contributed by atoms with E-state index < -0.39 is 9.84 Å². The Bertz CT molecular complexity index is 7440. The lowest BCUT2D eigenvalue weighted by molar-refractivity contribution is 0.296. The summed E-state index contributed by atoms with van der Waals surface area (Å²) in [5, 5.41) is 65.0. The quantitative estimate of drug-likeness (QED) is 0.0645. The average Bonchev–Trinajstić information content (AvgIpc) is 1.70. The smallest absolute Gasteiger partial charge is 0.192 e. The predicted molar refractivity (Wildman–Crippen MR) is 456 cm³/mol. The summed E-state index contributed by atoms with van der Waals surface area (Å²) in [5.74, 6) is 7.10. The second kappa shape index (κ2) is 35.4. The van der Waals surface area contributed by atoms with Crippen molar-refractivity contribution >= 4 is 76.0 Å². The molecule has 0 aliphatic heterocycles. The highest BCUT2D eigenvalue weighted by atomic mass is 32.2. The van der Waals surface area contributed by atoms with E-state index in [4.69, 9.17) is 43.5 Å². The molecule has 606 valence electrons. The molecule has 0 radical (unpaired) electrons. The van der Waals surface area contributed by atoms with E-state index in [1.807, 2.05) is 144 Å². The van der Waals surface area contributed by atoms with Crippen molar-refractivity contribution < 1.29 is 46.0 Å². The lowest BCUT2D eigenvalue weighted by Crippen LogP contribution is -2.05. The highest BCUT2D eigenvalue weighted by Crippen LogP contribution is 2.33. The maximum atomic E-state index is 14.2. The van der Waals surface area contributed by atoms with Gasteiger partial charge in [-0.2, -0.15) is 43.7 Å². The van der Waals surface area contributed by atoms with E-state index in [2.05, 4.69) is 106 Å². The minimum Gasteiger partial charge on any atom is -0.497 e. The molecular weight excluding hydrogens is 1580 g/mol. The van der Waals surface area contributed by atoms with E-state index >= 15 is 0 Å². The summed E-state index contributed by atoms with van der Waals surface area (Å²) in [7, 11) is 3.25. The molecule has 0 saturated heterocycles. The van der Waals surface area contributed by atoms with Gasteiger partial charge in [-0.05, 0) is 170 Å². The maximum absolute atomic E-state index is 14.2. The first-order valence-corrected chi connectivity index (χ1v) is 40.2. The number of nitrogens with zero attached hydrogens (tertiary/aromatic N) is 21. The Hall–Kier alpha value is -16.4. The molecule has 0 aliphatic rings. The molecule has 32 heteroatoms. The van der Waals surface area contributed by atoms with Crippen LogP contribution in [0.1, 0.15) is 34.4 Å². The number of ether oxygens (including phenoxy) is 7. The van der Waals surface area contributed by atoms with E-state index in [1.165, 1.54) is 17.9 Å². The average molecular weight is 1650 g/mol. The molecule has 0 fully saturated rings. The lowest BCUT2D eigenvalue weighted by Gasteiger charge is -2.09. The van der Waals surface area contributed by atoms with E-state index in [9.17, 15) is 12.8 Å². The molecular formula is C91H70FN21O9S. The molecule has 30 nitrogen and oxygen atoms in total. The molecule has 12 heterocycles. The fraction of sp³-hybridized carbons (Fsp3) is 0.110. The van der Waals surface area contributed by atoms with E-state index in [0.717, 1.165) is 119 Å². The summed E-state index contributed by atoms with van der Waals surface area (Å²) in [4.78, 5) is 17.8. The SMILES string of the molecule is COc1ccc2c(CCc3nnc4ccc(-c5ccccc5)nn34)ccnc2c1.COc1ccc2c(OCc3nnc4ccc(-c5ccc(C#N)cc5)nn34)ccnc2c1.COc1ccc2c(OCc3nnc4ccc(-c5ccc(S(C)(=O)=O)cc5)nn34)ccnc2c1.COc1ccc2c(OCc3nnc4ccc(-c5ccccc5F)nn34)ccnc2c1.